The molecule has 1 aliphatic carbocycles. The molecule has 1 aromatic carbocycles. The molecule has 24 heavy (non-hydrogen) atoms. The lowest BCUT2D eigenvalue weighted by atomic mass is 10.2. The first-order chi connectivity index (χ1) is 11.7. The van der Waals surface area contributed by atoms with Gasteiger partial charge < -0.3 is 9.88 Å². The van der Waals surface area contributed by atoms with Crippen LogP contribution in [0.25, 0.3) is 11.8 Å². The van der Waals surface area contributed by atoms with Crippen LogP contribution in [0.3, 0.4) is 0 Å². The fourth-order valence-corrected chi connectivity index (χ4v) is 3.34. The van der Waals surface area contributed by atoms with E-state index >= 15 is 0 Å². The molecule has 1 saturated carbocycles. The van der Waals surface area contributed by atoms with Crippen molar-refractivity contribution < 1.29 is 4.79 Å². The van der Waals surface area contributed by atoms with Crippen molar-refractivity contribution >= 4 is 34.6 Å². The number of halogens is 1. The Morgan fingerprint density at radius 2 is 1.96 bits per heavy atom. The summed E-state index contributed by atoms with van der Waals surface area (Å²) in [7, 11) is 0. The second kappa shape index (κ2) is 7.67. The Hall–Kier alpha value is -2.07. The molecule has 1 fully saturated rings. The molecule has 0 aliphatic heterocycles. The molecule has 1 N–H and O–H groups in total. The van der Waals surface area contributed by atoms with Gasteiger partial charge in [0.15, 0.2) is 0 Å². The van der Waals surface area contributed by atoms with E-state index in [1.165, 1.54) is 0 Å². The van der Waals surface area contributed by atoms with Crippen LogP contribution in [0, 0.1) is 14.9 Å². The smallest absolute Gasteiger partial charge is 0.262 e. The number of nitrogens with zero attached hydrogens (tertiary/aromatic N) is 2. The van der Waals surface area contributed by atoms with E-state index in [1.807, 2.05) is 53.2 Å². The Morgan fingerprint density at radius 1 is 1.25 bits per heavy atom. The molecule has 2 aromatic rings. The lowest BCUT2D eigenvalue weighted by molar-refractivity contribution is -0.117. The van der Waals surface area contributed by atoms with Crippen LogP contribution in [0.5, 0.6) is 0 Å². The third-order valence-electron chi connectivity index (χ3n) is 4.23. The first kappa shape index (κ1) is 16.8. The van der Waals surface area contributed by atoms with Crippen molar-refractivity contribution in [1.82, 2.24) is 9.88 Å². The minimum Gasteiger partial charge on any atom is -0.349 e. The number of hydrogen-bond acceptors (Lipinski definition) is 2. The van der Waals surface area contributed by atoms with Crippen LogP contribution in [-0.4, -0.2) is 16.5 Å². The standard InChI is InChI=1S/C19H18IN3O/c20-15-7-9-17(10-8-15)23-11-3-6-18(23)12-14(13-21)19(24)22-16-4-1-2-5-16/h3,6-12,16H,1-2,4-5H2,(H,22,24)/b14-12-. The molecule has 1 heterocycles. The molecule has 1 amide bonds. The van der Waals surface area contributed by atoms with E-state index in [9.17, 15) is 10.1 Å². The van der Waals surface area contributed by atoms with Gasteiger partial charge in [0.2, 0.25) is 0 Å². The predicted octanol–water partition coefficient (Wildman–Crippen LogP) is 4.05. The van der Waals surface area contributed by atoms with Gasteiger partial charge in [-0.05, 0) is 77.9 Å². The highest BCUT2D eigenvalue weighted by atomic mass is 127. The zero-order chi connectivity index (χ0) is 16.9. The van der Waals surface area contributed by atoms with Gasteiger partial charge >= 0.3 is 0 Å². The molecular weight excluding hydrogens is 413 g/mol. The van der Waals surface area contributed by atoms with Gasteiger partial charge in [-0.2, -0.15) is 5.26 Å². The lowest BCUT2D eigenvalue weighted by Crippen LogP contribution is -2.33. The second-order valence-corrected chi connectivity index (χ2v) is 7.15. The average Bonchev–Trinajstić information content (AvgIpc) is 3.25. The summed E-state index contributed by atoms with van der Waals surface area (Å²) < 4.78 is 3.13. The minimum atomic E-state index is -0.278. The van der Waals surface area contributed by atoms with Gasteiger partial charge in [-0.15, -0.1) is 0 Å². The Labute approximate surface area is 155 Å². The summed E-state index contributed by atoms with van der Waals surface area (Å²) in [6, 6.07) is 14.1. The highest BCUT2D eigenvalue weighted by molar-refractivity contribution is 14.1. The van der Waals surface area contributed by atoms with Crippen LogP contribution in [0.15, 0.2) is 48.2 Å². The maximum Gasteiger partial charge on any atom is 0.262 e. The van der Waals surface area contributed by atoms with Crippen molar-refractivity contribution in [3.63, 3.8) is 0 Å². The van der Waals surface area contributed by atoms with Crippen LogP contribution < -0.4 is 5.32 Å². The third-order valence-corrected chi connectivity index (χ3v) is 4.95. The van der Waals surface area contributed by atoms with Crippen LogP contribution >= 0.6 is 22.6 Å². The first-order valence-electron chi connectivity index (χ1n) is 8.03. The Bertz CT molecular complexity index is 793. The van der Waals surface area contributed by atoms with Crippen LogP contribution in [-0.2, 0) is 4.79 Å². The van der Waals surface area contributed by atoms with Gasteiger partial charge in [-0.25, -0.2) is 0 Å². The van der Waals surface area contributed by atoms with Crippen molar-refractivity contribution in [2.45, 2.75) is 31.7 Å². The fourth-order valence-electron chi connectivity index (χ4n) is 2.98. The minimum absolute atomic E-state index is 0.146. The zero-order valence-electron chi connectivity index (χ0n) is 13.2. The quantitative estimate of drug-likeness (QED) is 0.451. The molecule has 0 spiro atoms. The van der Waals surface area contributed by atoms with E-state index < -0.39 is 0 Å². The number of rotatable bonds is 4. The second-order valence-electron chi connectivity index (χ2n) is 5.90. The molecular formula is C19H18IN3O. The number of carbonyl (C=O) groups excluding carboxylic acids is 1. The molecule has 1 aromatic heterocycles. The highest BCUT2D eigenvalue weighted by Crippen LogP contribution is 2.19. The summed E-state index contributed by atoms with van der Waals surface area (Å²) in [6.07, 6.45) is 7.88. The number of nitriles is 1. The van der Waals surface area contributed by atoms with Gasteiger partial charge in [-0.3, -0.25) is 4.79 Å². The van der Waals surface area contributed by atoms with Crippen LogP contribution in [0.1, 0.15) is 31.4 Å². The molecule has 122 valence electrons. The van der Waals surface area contributed by atoms with Crippen LogP contribution in [0.4, 0.5) is 0 Å². The topological polar surface area (TPSA) is 57.8 Å². The number of nitrogens with one attached hydrogen (secondary N) is 1. The monoisotopic (exact) mass is 431 g/mol. The zero-order valence-corrected chi connectivity index (χ0v) is 15.4. The first-order valence-corrected chi connectivity index (χ1v) is 9.11. The summed E-state index contributed by atoms with van der Waals surface area (Å²) in [4.78, 5) is 12.3. The third kappa shape index (κ3) is 3.88. The van der Waals surface area contributed by atoms with E-state index in [2.05, 4.69) is 27.9 Å². The fraction of sp³-hybridized carbons (Fsp3) is 0.263. The summed E-state index contributed by atoms with van der Waals surface area (Å²) in [5, 5.41) is 12.3. The summed E-state index contributed by atoms with van der Waals surface area (Å²) in [5.41, 5.74) is 1.96. The van der Waals surface area contributed by atoms with Gasteiger partial charge in [0.1, 0.15) is 11.6 Å². The number of hydrogen-bond donors (Lipinski definition) is 1. The average molecular weight is 431 g/mol. The van der Waals surface area contributed by atoms with Crippen molar-refractivity contribution in [2.24, 2.45) is 0 Å². The van der Waals surface area contributed by atoms with Crippen molar-refractivity contribution in [3.8, 4) is 11.8 Å². The maximum absolute atomic E-state index is 12.3. The predicted molar refractivity (Wildman–Crippen MR) is 102 cm³/mol. The number of aromatic nitrogens is 1. The van der Waals surface area contributed by atoms with Gasteiger partial charge in [-0.1, -0.05) is 12.8 Å². The molecule has 0 atom stereocenters. The Morgan fingerprint density at radius 3 is 2.62 bits per heavy atom. The molecule has 3 rings (SSSR count). The van der Waals surface area contributed by atoms with Crippen molar-refractivity contribution in [1.29, 1.82) is 5.26 Å². The Balaban J connectivity index is 1.84. The van der Waals surface area contributed by atoms with Crippen molar-refractivity contribution in [3.05, 3.63) is 57.4 Å². The summed E-state index contributed by atoms with van der Waals surface area (Å²) in [6.45, 7) is 0. The van der Waals surface area contributed by atoms with E-state index in [4.69, 9.17) is 0 Å². The number of carbonyl (C=O) groups is 1. The molecule has 4 nitrogen and oxygen atoms in total. The van der Waals surface area contributed by atoms with Gasteiger partial charge in [0.25, 0.3) is 5.91 Å². The molecule has 0 saturated heterocycles. The highest BCUT2D eigenvalue weighted by Gasteiger charge is 2.19. The summed E-state index contributed by atoms with van der Waals surface area (Å²) in [5.74, 6) is -0.278. The summed E-state index contributed by atoms with van der Waals surface area (Å²) >= 11 is 2.26. The number of benzene rings is 1. The normalized spacial score (nSPS) is 15.2. The molecule has 0 radical (unpaired) electrons. The molecule has 5 heteroatoms. The number of amides is 1. The van der Waals surface area contributed by atoms with Gasteiger partial charge in [0.05, 0.1) is 0 Å². The van der Waals surface area contributed by atoms with E-state index in [0.29, 0.717) is 0 Å². The van der Waals surface area contributed by atoms with Crippen LogP contribution in [0.2, 0.25) is 0 Å². The largest absolute Gasteiger partial charge is 0.349 e. The Kier molecular flexibility index (Phi) is 5.36. The molecule has 1 aliphatic rings. The molecule has 0 bridgehead atoms. The maximum atomic E-state index is 12.3. The van der Waals surface area contributed by atoms with Crippen molar-refractivity contribution in [2.75, 3.05) is 0 Å². The van der Waals surface area contributed by atoms with E-state index in [-0.39, 0.29) is 17.5 Å². The SMILES string of the molecule is N#C/C(=C/c1cccn1-c1ccc(I)cc1)C(=O)NC1CCCC1. The lowest BCUT2D eigenvalue weighted by Gasteiger charge is -2.11. The molecule has 0 unspecified atom stereocenters. The van der Waals surface area contributed by atoms with E-state index in [0.717, 1.165) is 40.6 Å². The van der Waals surface area contributed by atoms with Gasteiger partial charge in [0, 0.05) is 27.2 Å². The van der Waals surface area contributed by atoms with E-state index in [1.54, 1.807) is 6.08 Å².